The van der Waals surface area contributed by atoms with Crippen LogP contribution in [-0.2, 0) is 12.4 Å². The van der Waals surface area contributed by atoms with Crippen LogP contribution in [0.25, 0.3) is 0 Å². The van der Waals surface area contributed by atoms with Gasteiger partial charge in [0.2, 0.25) is 5.88 Å². The minimum Gasteiger partial charge on any atom is -0.439 e. The number of hydrogen-bond donors (Lipinski definition) is 0. The van der Waals surface area contributed by atoms with Crippen molar-refractivity contribution in [3.8, 4) is 11.6 Å². The Morgan fingerprint density at radius 1 is 1.28 bits per heavy atom. The Morgan fingerprint density at radius 3 is 2.44 bits per heavy atom. The first-order valence-corrected chi connectivity index (χ1v) is 6.35. The molecule has 2 rings (SSSR count). The van der Waals surface area contributed by atoms with Crippen LogP contribution in [0.5, 0.6) is 11.6 Å². The third kappa shape index (κ3) is 2.53. The number of aromatic nitrogens is 2. The molecule has 1 aromatic heterocycles. The van der Waals surface area contributed by atoms with Gasteiger partial charge in [0.05, 0.1) is 5.69 Å². The summed E-state index contributed by atoms with van der Waals surface area (Å²) in [4.78, 5) is 0. The lowest BCUT2D eigenvalue weighted by Gasteiger charge is -2.07. The van der Waals surface area contributed by atoms with E-state index in [1.807, 2.05) is 6.92 Å². The van der Waals surface area contributed by atoms with Crippen LogP contribution in [0.2, 0.25) is 0 Å². The molecule has 1 aromatic carbocycles. The van der Waals surface area contributed by atoms with Gasteiger partial charge in [0.15, 0.2) is 0 Å². The maximum atomic E-state index is 13.1. The summed E-state index contributed by atoms with van der Waals surface area (Å²) in [5, 5.41) is 4.75. The molecular formula is C12H11BrF2N2O. The highest BCUT2D eigenvalue weighted by Gasteiger charge is 2.15. The van der Waals surface area contributed by atoms with Crippen LogP contribution < -0.4 is 4.74 Å². The molecule has 18 heavy (non-hydrogen) atoms. The van der Waals surface area contributed by atoms with Crippen LogP contribution in [-0.4, -0.2) is 9.78 Å². The van der Waals surface area contributed by atoms with Crippen molar-refractivity contribution in [2.75, 3.05) is 0 Å². The second-order valence-electron chi connectivity index (χ2n) is 3.83. The highest BCUT2D eigenvalue weighted by Crippen LogP contribution is 2.29. The topological polar surface area (TPSA) is 27.1 Å². The number of benzene rings is 1. The summed E-state index contributed by atoms with van der Waals surface area (Å²) in [5.41, 5.74) is 1.66. The normalized spacial score (nSPS) is 10.7. The van der Waals surface area contributed by atoms with E-state index >= 15 is 0 Å². The lowest BCUT2D eigenvalue weighted by Crippen LogP contribution is -1.97. The van der Waals surface area contributed by atoms with E-state index in [1.165, 1.54) is 4.68 Å². The first-order chi connectivity index (χ1) is 8.51. The van der Waals surface area contributed by atoms with Crippen LogP contribution >= 0.6 is 15.9 Å². The molecule has 0 radical (unpaired) electrons. The number of nitrogens with zero attached hydrogens (tertiary/aromatic N) is 2. The summed E-state index contributed by atoms with van der Waals surface area (Å²) in [5.74, 6) is -0.777. The third-order valence-electron chi connectivity index (χ3n) is 2.47. The molecule has 96 valence electrons. The SMILES string of the molecule is Cc1nn(C)c(Oc2cc(F)cc(F)c2)c1CBr. The summed E-state index contributed by atoms with van der Waals surface area (Å²) in [6, 6.07) is 3.06. The van der Waals surface area contributed by atoms with Crippen molar-refractivity contribution >= 4 is 15.9 Å². The lowest BCUT2D eigenvalue weighted by atomic mass is 10.3. The molecule has 1 heterocycles. The molecule has 6 heteroatoms. The van der Waals surface area contributed by atoms with Gasteiger partial charge in [0.1, 0.15) is 17.4 Å². The number of ether oxygens (including phenoxy) is 1. The third-order valence-corrected chi connectivity index (χ3v) is 3.03. The van der Waals surface area contributed by atoms with Gasteiger partial charge in [-0.1, -0.05) is 15.9 Å². The molecule has 0 unspecified atom stereocenters. The first kappa shape index (κ1) is 13.0. The quantitative estimate of drug-likeness (QED) is 0.807. The number of rotatable bonds is 3. The van der Waals surface area contributed by atoms with E-state index in [9.17, 15) is 8.78 Å². The van der Waals surface area contributed by atoms with E-state index in [0.29, 0.717) is 11.2 Å². The maximum absolute atomic E-state index is 13.1. The first-order valence-electron chi connectivity index (χ1n) is 5.23. The van der Waals surface area contributed by atoms with Crippen LogP contribution in [0.15, 0.2) is 18.2 Å². The molecular weight excluding hydrogens is 306 g/mol. The van der Waals surface area contributed by atoms with Gasteiger partial charge in [-0.3, -0.25) is 0 Å². The summed E-state index contributed by atoms with van der Waals surface area (Å²) in [7, 11) is 1.71. The van der Waals surface area contributed by atoms with Crippen LogP contribution in [0.3, 0.4) is 0 Å². The van der Waals surface area contributed by atoms with E-state index in [4.69, 9.17) is 4.74 Å². The molecule has 3 nitrogen and oxygen atoms in total. The molecule has 0 N–H and O–H groups in total. The fraction of sp³-hybridized carbons (Fsp3) is 0.250. The predicted molar refractivity (Wildman–Crippen MR) is 67.0 cm³/mol. The van der Waals surface area contributed by atoms with Crippen molar-refractivity contribution in [2.45, 2.75) is 12.3 Å². The fourth-order valence-electron chi connectivity index (χ4n) is 1.66. The van der Waals surface area contributed by atoms with Gasteiger partial charge in [-0.15, -0.1) is 0 Å². The molecule has 0 amide bonds. The highest BCUT2D eigenvalue weighted by atomic mass is 79.9. The smallest absolute Gasteiger partial charge is 0.221 e. The van der Waals surface area contributed by atoms with Gasteiger partial charge in [0, 0.05) is 36.1 Å². The molecule has 0 saturated heterocycles. The molecule has 0 spiro atoms. The van der Waals surface area contributed by atoms with Gasteiger partial charge in [-0.25, -0.2) is 13.5 Å². The Labute approximate surface area is 112 Å². The van der Waals surface area contributed by atoms with Gasteiger partial charge in [-0.2, -0.15) is 5.10 Å². The zero-order valence-corrected chi connectivity index (χ0v) is 11.5. The number of halogens is 3. The zero-order chi connectivity index (χ0) is 13.3. The summed E-state index contributed by atoms with van der Waals surface area (Å²) in [6.07, 6.45) is 0. The average molecular weight is 317 g/mol. The number of hydrogen-bond acceptors (Lipinski definition) is 2. The van der Waals surface area contributed by atoms with Crippen molar-refractivity contribution in [3.63, 3.8) is 0 Å². The van der Waals surface area contributed by atoms with E-state index in [0.717, 1.165) is 29.5 Å². The molecule has 0 saturated carbocycles. The Balaban J connectivity index is 2.39. The fourth-order valence-corrected chi connectivity index (χ4v) is 2.31. The van der Waals surface area contributed by atoms with Crippen LogP contribution in [0.4, 0.5) is 8.78 Å². The van der Waals surface area contributed by atoms with E-state index in [-0.39, 0.29) is 5.75 Å². The second-order valence-corrected chi connectivity index (χ2v) is 4.39. The summed E-state index contributed by atoms with van der Waals surface area (Å²) >= 11 is 3.33. The molecule has 0 aliphatic rings. The Kier molecular flexibility index (Phi) is 3.65. The van der Waals surface area contributed by atoms with Gasteiger partial charge in [-0.05, 0) is 6.92 Å². The predicted octanol–water partition coefficient (Wildman–Crippen LogP) is 3.69. The van der Waals surface area contributed by atoms with Gasteiger partial charge in [0.25, 0.3) is 0 Å². The monoisotopic (exact) mass is 316 g/mol. The largest absolute Gasteiger partial charge is 0.439 e. The van der Waals surface area contributed by atoms with Crippen molar-refractivity contribution in [1.29, 1.82) is 0 Å². The Morgan fingerprint density at radius 2 is 1.89 bits per heavy atom. The maximum Gasteiger partial charge on any atom is 0.221 e. The minimum atomic E-state index is -0.677. The Hall–Kier alpha value is -1.43. The average Bonchev–Trinajstić information content (AvgIpc) is 2.52. The van der Waals surface area contributed by atoms with Crippen LogP contribution in [0, 0.1) is 18.6 Å². The molecule has 0 aliphatic heterocycles. The van der Waals surface area contributed by atoms with Crippen molar-refractivity contribution in [2.24, 2.45) is 7.05 Å². The second kappa shape index (κ2) is 5.06. The summed E-state index contributed by atoms with van der Waals surface area (Å²) in [6.45, 7) is 1.84. The minimum absolute atomic E-state index is 0.109. The molecule has 0 atom stereocenters. The van der Waals surface area contributed by atoms with E-state index in [1.54, 1.807) is 7.05 Å². The highest BCUT2D eigenvalue weighted by molar-refractivity contribution is 9.08. The zero-order valence-electron chi connectivity index (χ0n) is 9.88. The molecule has 0 aliphatic carbocycles. The lowest BCUT2D eigenvalue weighted by molar-refractivity contribution is 0.420. The molecule has 2 aromatic rings. The number of alkyl halides is 1. The molecule has 0 fully saturated rings. The van der Waals surface area contributed by atoms with E-state index in [2.05, 4.69) is 21.0 Å². The standard InChI is InChI=1S/C12H11BrF2N2O/c1-7-11(6-13)12(17(2)16-7)18-10-4-8(14)3-9(15)5-10/h3-5H,6H2,1-2H3. The number of aryl methyl sites for hydroxylation is 2. The summed E-state index contributed by atoms with van der Waals surface area (Å²) < 4.78 is 33.2. The van der Waals surface area contributed by atoms with Crippen molar-refractivity contribution in [3.05, 3.63) is 41.1 Å². The van der Waals surface area contributed by atoms with Crippen molar-refractivity contribution in [1.82, 2.24) is 9.78 Å². The Bertz CT molecular complexity index is 563. The van der Waals surface area contributed by atoms with Crippen LogP contribution in [0.1, 0.15) is 11.3 Å². The van der Waals surface area contributed by atoms with E-state index < -0.39 is 11.6 Å². The molecule has 0 bridgehead atoms. The van der Waals surface area contributed by atoms with Crippen molar-refractivity contribution < 1.29 is 13.5 Å². The van der Waals surface area contributed by atoms with Gasteiger partial charge >= 0.3 is 0 Å². The van der Waals surface area contributed by atoms with Gasteiger partial charge < -0.3 is 4.74 Å².